The highest BCUT2D eigenvalue weighted by Gasteiger charge is 2.33. The summed E-state index contributed by atoms with van der Waals surface area (Å²) < 4.78 is 6.90. The summed E-state index contributed by atoms with van der Waals surface area (Å²) in [4.78, 5) is 20.8. The quantitative estimate of drug-likeness (QED) is 0.690. The van der Waals surface area contributed by atoms with Crippen molar-refractivity contribution in [2.75, 3.05) is 6.54 Å². The van der Waals surface area contributed by atoms with Gasteiger partial charge in [-0.2, -0.15) is 0 Å². The number of likely N-dealkylation sites (tertiary alicyclic amines) is 1. The number of fused-ring (bicyclic) bond motifs is 1. The summed E-state index contributed by atoms with van der Waals surface area (Å²) in [7, 11) is 0. The summed E-state index contributed by atoms with van der Waals surface area (Å²) in [5.41, 5.74) is 2.59. The molecule has 0 N–H and O–H groups in total. The van der Waals surface area contributed by atoms with Crippen molar-refractivity contribution in [2.24, 2.45) is 0 Å². The number of nitrogens with zero attached hydrogens (tertiary/aromatic N) is 5. The molecule has 0 bridgehead atoms. The maximum Gasteiger partial charge on any atom is 0.261 e. The van der Waals surface area contributed by atoms with Gasteiger partial charge in [0.1, 0.15) is 17.2 Å². The third kappa shape index (κ3) is 2.94. The molecule has 3 heterocycles. The standard InChI is InChI=1S/C21H25N5O2/c1-14-18(24-28-23-14)13-25-12-6-11-19(25)20-22-17-10-5-4-9-16(17)21(27)26(20)15-7-2-3-8-15/h4-5,9-10,15,19H,2-3,6-8,11-13H2,1H3. The summed E-state index contributed by atoms with van der Waals surface area (Å²) in [6, 6.07) is 8.11. The van der Waals surface area contributed by atoms with Crippen molar-refractivity contribution in [1.82, 2.24) is 24.8 Å². The van der Waals surface area contributed by atoms with Gasteiger partial charge in [0, 0.05) is 12.6 Å². The summed E-state index contributed by atoms with van der Waals surface area (Å²) in [5.74, 6) is 0.919. The fraction of sp³-hybridized carbons (Fsp3) is 0.524. The molecule has 0 radical (unpaired) electrons. The Morgan fingerprint density at radius 1 is 1.11 bits per heavy atom. The van der Waals surface area contributed by atoms with Gasteiger partial charge in [-0.05, 0) is 51.3 Å². The molecular weight excluding hydrogens is 354 g/mol. The monoisotopic (exact) mass is 379 g/mol. The summed E-state index contributed by atoms with van der Waals surface area (Å²) in [6.45, 7) is 3.55. The highest BCUT2D eigenvalue weighted by molar-refractivity contribution is 5.77. The van der Waals surface area contributed by atoms with E-state index in [-0.39, 0.29) is 17.6 Å². The van der Waals surface area contributed by atoms with Gasteiger partial charge < -0.3 is 0 Å². The first-order valence-corrected chi connectivity index (χ1v) is 10.3. The van der Waals surface area contributed by atoms with Crippen molar-refractivity contribution < 1.29 is 4.63 Å². The Hall–Kier alpha value is -2.54. The van der Waals surface area contributed by atoms with Gasteiger partial charge in [-0.25, -0.2) is 9.61 Å². The van der Waals surface area contributed by atoms with Gasteiger partial charge in [-0.3, -0.25) is 14.3 Å². The lowest BCUT2D eigenvalue weighted by Gasteiger charge is -2.28. The Balaban J connectivity index is 1.61. The molecule has 1 saturated heterocycles. The zero-order valence-corrected chi connectivity index (χ0v) is 16.2. The van der Waals surface area contributed by atoms with Crippen molar-refractivity contribution in [1.29, 1.82) is 0 Å². The van der Waals surface area contributed by atoms with E-state index in [0.717, 1.165) is 60.3 Å². The average molecular weight is 379 g/mol. The smallest absolute Gasteiger partial charge is 0.261 e. The number of rotatable bonds is 4. The van der Waals surface area contributed by atoms with Crippen molar-refractivity contribution in [3.05, 3.63) is 51.8 Å². The average Bonchev–Trinajstić information content (AvgIpc) is 3.45. The van der Waals surface area contributed by atoms with Gasteiger partial charge in [-0.1, -0.05) is 35.3 Å². The van der Waals surface area contributed by atoms with Crippen LogP contribution in [0.4, 0.5) is 0 Å². The number of hydrogen-bond acceptors (Lipinski definition) is 6. The second-order valence-corrected chi connectivity index (χ2v) is 8.03. The van der Waals surface area contributed by atoms with Gasteiger partial charge in [-0.15, -0.1) is 0 Å². The second kappa shape index (κ2) is 7.13. The fourth-order valence-electron chi connectivity index (χ4n) is 4.81. The molecule has 3 aromatic rings. The molecule has 1 unspecified atom stereocenters. The molecule has 0 spiro atoms. The molecule has 1 aliphatic heterocycles. The molecule has 1 aromatic carbocycles. The zero-order chi connectivity index (χ0) is 19.1. The lowest BCUT2D eigenvalue weighted by molar-refractivity contribution is 0.219. The number of hydrogen-bond donors (Lipinski definition) is 0. The van der Waals surface area contributed by atoms with Crippen LogP contribution in [0.25, 0.3) is 10.9 Å². The van der Waals surface area contributed by atoms with Crippen LogP contribution in [0, 0.1) is 6.92 Å². The number of aryl methyl sites for hydroxylation is 1. The van der Waals surface area contributed by atoms with Crippen LogP contribution in [0.5, 0.6) is 0 Å². The van der Waals surface area contributed by atoms with Crippen LogP contribution in [-0.2, 0) is 6.54 Å². The van der Waals surface area contributed by atoms with Crippen LogP contribution in [0.3, 0.4) is 0 Å². The van der Waals surface area contributed by atoms with E-state index >= 15 is 0 Å². The molecule has 7 nitrogen and oxygen atoms in total. The van der Waals surface area contributed by atoms with E-state index in [1.54, 1.807) is 0 Å². The van der Waals surface area contributed by atoms with Crippen LogP contribution >= 0.6 is 0 Å². The van der Waals surface area contributed by atoms with Gasteiger partial charge >= 0.3 is 0 Å². The van der Waals surface area contributed by atoms with E-state index in [9.17, 15) is 4.79 Å². The predicted octanol–water partition coefficient (Wildman–Crippen LogP) is 3.54. The highest BCUT2D eigenvalue weighted by atomic mass is 16.6. The van der Waals surface area contributed by atoms with Crippen molar-refractivity contribution in [3.8, 4) is 0 Å². The molecular formula is C21H25N5O2. The Morgan fingerprint density at radius 2 is 1.93 bits per heavy atom. The van der Waals surface area contributed by atoms with E-state index in [1.807, 2.05) is 35.8 Å². The molecule has 7 heteroatoms. The number of benzene rings is 1. The maximum atomic E-state index is 13.4. The van der Waals surface area contributed by atoms with Crippen LogP contribution in [-0.4, -0.2) is 31.3 Å². The number of aromatic nitrogens is 4. The molecule has 2 aromatic heterocycles. The van der Waals surface area contributed by atoms with E-state index in [1.165, 1.54) is 12.8 Å². The molecule has 0 amide bonds. The molecule has 2 fully saturated rings. The highest BCUT2D eigenvalue weighted by Crippen LogP contribution is 2.36. The Labute approximate surface area is 163 Å². The lowest BCUT2D eigenvalue weighted by atomic mass is 10.1. The SMILES string of the molecule is Cc1nonc1CN1CCCC1c1nc2ccccc2c(=O)n1C1CCCC1. The van der Waals surface area contributed by atoms with E-state index < -0.39 is 0 Å². The second-order valence-electron chi connectivity index (χ2n) is 8.03. The topological polar surface area (TPSA) is 77.1 Å². The minimum atomic E-state index is 0.110. The Bertz CT molecular complexity index is 1050. The minimum absolute atomic E-state index is 0.110. The van der Waals surface area contributed by atoms with E-state index in [0.29, 0.717) is 6.54 Å². The first-order valence-electron chi connectivity index (χ1n) is 10.3. The molecule has 28 heavy (non-hydrogen) atoms. The van der Waals surface area contributed by atoms with Gasteiger partial charge in [0.05, 0.1) is 16.9 Å². The first-order chi connectivity index (χ1) is 13.7. The minimum Gasteiger partial charge on any atom is -0.292 e. The molecule has 146 valence electrons. The molecule has 1 aliphatic carbocycles. The molecule has 5 rings (SSSR count). The molecule has 1 atom stereocenters. The summed E-state index contributed by atoms with van der Waals surface area (Å²) >= 11 is 0. The van der Waals surface area contributed by atoms with Crippen LogP contribution in [0.1, 0.15) is 67.8 Å². The van der Waals surface area contributed by atoms with E-state index in [2.05, 4.69) is 15.2 Å². The zero-order valence-electron chi connectivity index (χ0n) is 16.2. The summed E-state index contributed by atoms with van der Waals surface area (Å²) in [5, 5.41) is 8.69. The van der Waals surface area contributed by atoms with Crippen LogP contribution in [0.15, 0.2) is 33.7 Å². The number of para-hydroxylation sites is 1. The van der Waals surface area contributed by atoms with Crippen LogP contribution in [0.2, 0.25) is 0 Å². The predicted molar refractivity (Wildman–Crippen MR) is 105 cm³/mol. The first kappa shape index (κ1) is 17.6. The van der Waals surface area contributed by atoms with Gasteiger partial charge in [0.25, 0.3) is 5.56 Å². The fourth-order valence-corrected chi connectivity index (χ4v) is 4.81. The normalized spacial score (nSPS) is 21.1. The Kier molecular flexibility index (Phi) is 4.47. The van der Waals surface area contributed by atoms with Crippen molar-refractivity contribution in [2.45, 2.75) is 64.1 Å². The van der Waals surface area contributed by atoms with Crippen LogP contribution < -0.4 is 5.56 Å². The lowest BCUT2D eigenvalue weighted by Crippen LogP contribution is -2.34. The third-order valence-corrected chi connectivity index (χ3v) is 6.29. The Morgan fingerprint density at radius 3 is 2.71 bits per heavy atom. The van der Waals surface area contributed by atoms with Gasteiger partial charge in [0.2, 0.25) is 0 Å². The molecule has 2 aliphatic rings. The van der Waals surface area contributed by atoms with E-state index in [4.69, 9.17) is 9.61 Å². The van der Waals surface area contributed by atoms with Crippen molar-refractivity contribution >= 4 is 10.9 Å². The summed E-state index contributed by atoms with van der Waals surface area (Å²) in [6.07, 6.45) is 6.57. The van der Waals surface area contributed by atoms with Crippen molar-refractivity contribution in [3.63, 3.8) is 0 Å². The maximum absolute atomic E-state index is 13.4. The largest absolute Gasteiger partial charge is 0.292 e. The molecule has 1 saturated carbocycles. The van der Waals surface area contributed by atoms with Gasteiger partial charge in [0.15, 0.2) is 0 Å². The third-order valence-electron chi connectivity index (χ3n) is 6.29.